The van der Waals surface area contributed by atoms with Crippen LogP contribution in [0.3, 0.4) is 0 Å². The van der Waals surface area contributed by atoms with Gasteiger partial charge in [0.2, 0.25) is 0 Å². The summed E-state index contributed by atoms with van der Waals surface area (Å²) in [6.07, 6.45) is 1.67. The molecule has 0 radical (unpaired) electrons. The van der Waals surface area contributed by atoms with E-state index in [1.165, 1.54) is 6.07 Å². The lowest BCUT2D eigenvalue weighted by Gasteiger charge is -2.36. The number of benzene rings is 2. The predicted molar refractivity (Wildman–Crippen MR) is 116 cm³/mol. The van der Waals surface area contributed by atoms with E-state index in [0.29, 0.717) is 18.8 Å². The number of carbonyl (C=O) groups excluding carboxylic acids is 1. The van der Waals surface area contributed by atoms with Crippen LogP contribution in [0.25, 0.3) is 0 Å². The van der Waals surface area contributed by atoms with Gasteiger partial charge in [0.15, 0.2) is 0 Å². The third-order valence-electron chi connectivity index (χ3n) is 5.72. The number of amides is 2. The van der Waals surface area contributed by atoms with Crippen molar-refractivity contribution in [2.75, 3.05) is 50.8 Å². The van der Waals surface area contributed by atoms with Crippen molar-refractivity contribution in [2.24, 2.45) is 0 Å². The van der Waals surface area contributed by atoms with Crippen molar-refractivity contribution in [3.8, 4) is 5.75 Å². The fourth-order valence-corrected chi connectivity index (χ4v) is 4.08. The number of piperazine rings is 1. The number of urea groups is 1. The maximum Gasteiger partial charge on any atom is 0.315 e. The van der Waals surface area contributed by atoms with Gasteiger partial charge in [-0.2, -0.15) is 0 Å². The lowest BCUT2D eigenvalue weighted by Crippen LogP contribution is -2.48. The van der Waals surface area contributed by atoms with Gasteiger partial charge in [0.05, 0.1) is 11.7 Å². The van der Waals surface area contributed by atoms with Crippen LogP contribution in [0.5, 0.6) is 5.75 Å². The summed E-state index contributed by atoms with van der Waals surface area (Å²) in [5, 5.41) is 5.94. The lowest BCUT2D eigenvalue weighted by molar-refractivity contribution is 0.213. The second kappa shape index (κ2) is 9.80. The molecule has 2 N–H and O–H groups in total. The number of fused-ring (bicyclic) bond motifs is 1. The number of halogens is 1. The number of nitrogens with zero attached hydrogens (tertiary/aromatic N) is 2. The molecule has 2 aliphatic heterocycles. The van der Waals surface area contributed by atoms with Crippen LogP contribution in [-0.4, -0.2) is 62.8 Å². The van der Waals surface area contributed by atoms with Gasteiger partial charge in [-0.1, -0.05) is 30.3 Å². The second-order valence-electron chi connectivity index (χ2n) is 7.85. The highest BCUT2D eigenvalue weighted by Crippen LogP contribution is 2.24. The molecule has 7 heteroatoms. The largest absolute Gasteiger partial charge is 0.491 e. The first-order valence-corrected chi connectivity index (χ1v) is 10.7. The smallest absolute Gasteiger partial charge is 0.315 e. The highest BCUT2D eigenvalue weighted by Gasteiger charge is 2.21. The van der Waals surface area contributed by atoms with E-state index in [0.717, 1.165) is 56.9 Å². The van der Waals surface area contributed by atoms with Gasteiger partial charge in [-0.05, 0) is 43.1 Å². The fraction of sp³-hybridized carbons (Fsp3) is 0.435. The number of anilines is 1. The molecule has 2 aromatic rings. The minimum absolute atomic E-state index is 0.00800. The third-order valence-corrected chi connectivity index (χ3v) is 5.72. The van der Waals surface area contributed by atoms with Crippen LogP contribution in [0, 0.1) is 5.82 Å². The number of ether oxygens (including phenoxy) is 1. The maximum absolute atomic E-state index is 13.9. The predicted octanol–water partition coefficient (Wildman–Crippen LogP) is 2.64. The van der Waals surface area contributed by atoms with Crippen LogP contribution >= 0.6 is 0 Å². The van der Waals surface area contributed by atoms with Gasteiger partial charge in [0.1, 0.15) is 18.2 Å². The Morgan fingerprint density at radius 1 is 1.07 bits per heavy atom. The minimum atomic E-state index is -0.159. The van der Waals surface area contributed by atoms with Crippen LogP contribution < -0.4 is 20.3 Å². The number of hydrogen-bond donors (Lipinski definition) is 2. The Balaban J connectivity index is 1.11. The molecule has 2 heterocycles. The average molecular weight is 413 g/mol. The maximum atomic E-state index is 13.9. The van der Waals surface area contributed by atoms with E-state index in [-0.39, 0.29) is 17.9 Å². The standard InChI is InChI=1S/C23H29FN4O2/c24-20-7-2-3-8-21(20)28-14-12-27(13-15-28)11-5-10-25-23(29)26-19-16-18-6-1-4-9-22(18)30-17-19/h1-4,6-9,19H,5,10-17H2,(H2,25,26,29). The van der Waals surface area contributed by atoms with Gasteiger partial charge in [0.25, 0.3) is 0 Å². The van der Waals surface area contributed by atoms with Crippen molar-refractivity contribution in [1.29, 1.82) is 0 Å². The molecular formula is C23H29FN4O2. The number of hydrogen-bond acceptors (Lipinski definition) is 4. The molecule has 4 rings (SSSR count). The zero-order chi connectivity index (χ0) is 20.8. The normalized spacial score (nSPS) is 19.0. The average Bonchev–Trinajstić information content (AvgIpc) is 2.77. The van der Waals surface area contributed by atoms with Crippen LogP contribution in [0.2, 0.25) is 0 Å². The molecule has 6 nitrogen and oxygen atoms in total. The molecule has 0 spiro atoms. The number of rotatable bonds is 6. The van der Waals surface area contributed by atoms with Crippen molar-refractivity contribution < 1.29 is 13.9 Å². The van der Waals surface area contributed by atoms with Gasteiger partial charge in [0, 0.05) is 32.7 Å². The van der Waals surface area contributed by atoms with E-state index in [1.807, 2.05) is 36.4 Å². The monoisotopic (exact) mass is 412 g/mol. The highest BCUT2D eigenvalue weighted by atomic mass is 19.1. The molecular weight excluding hydrogens is 383 g/mol. The summed E-state index contributed by atoms with van der Waals surface area (Å²) in [7, 11) is 0. The number of carbonyl (C=O) groups is 1. The first-order chi connectivity index (χ1) is 14.7. The number of para-hydroxylation sites is 2. The lowest BCUT2D eigenvalue weighted by atomic mass is 10.0. The third kappa shape index (κ3) is 5.21. The Morgan fingerprint density at radius 3 is 2.67 bits per heavy atom. The van der Waals surface area contributed by atoms with E-state index in [2.05, 4.69) is 20.4 Å². The van der Waals surface area contributed by atoms with Gasteiger partial charge in [-0.25, -0.2) is 9.18 Å². The Morgan fingerprint density at radius 2 is 1.83 bits per heavy atom. The first-order valence-electron chi connectivity index (χ1n) is 10.7. The zero-order valence-electron chi connectivity index (χ0n) is 17.1. The molecule has 0 aliphatic carbocycles. The van der Waals surface area contributed by atoms with Gasteiger partial charge < -0.3 is 20.3 Å². The van der Waals surface area contributed by atoms with Crippen molar-refractivity contribution in [1.82, 2.24) is 15.5 Å². The van der Waals surface area contributed by atoms with E-state index in [1.54, 1.807) is 6.07 Å². The molecule has 160 valence electrons. The van der Waals surface area contributed by atoms with E-state index in [4.69, 9.17) is 4.74 Å². The summed E-state index contributed by atoms with van der Waals surface area (Å²) in [4.78, 5) is 16.6. The van der Waals surface area contributed by atoms with Crippen molar-refractivity contribution >= 4 is 11.7 Å². The van der Waals surface area contributed by atoms with Gasteiger partial charge in [-0.15, -0.1) is 0 Å². The van der Waals surface area contributed by atoms with Crippen molar-refractivity contribution in [3.63, 3.8) is 0 Å². The summed E-state index contributed by atoms with van der Waals surface area (Å²) in [5.74, 6) is 0.749. The van der Waals surface area contributed by atoms with Crippen LogP contribution in [-0.2, 0) is 6.42 Å². The quantitative estimate of drug-likeness (QED) is 0.717. The second-order valence-corrected chi connectivity index (χ2v) is 7.85. The summed E-state index contributed by atoms with van der Waals surface area (Å²) in [6, 6.07) is 14.7. The van der Waals surface area contributed by atoms with E-state index in [9.17, 15) is 9.18 Å². The zero-order valence-corrected chi connectivity index (χ0v) is 17.1. The van der Waals surface area contributed by atoms with Crippen LogP contribution in [0.4, 0.5) is 14.9 Å². The molecule has 1 saturated heterocycles. The molecule has 0 saturated carbocycles. The molecule has 2 aromatic carbocycles. The van der Waals surface area contributed by atoms with Crippen LogP contribution in [0.1, 0.15) is 12.0 Å². The Bertz CT molecular complexity index is 855. The molecule has 1 unspecified atom stereocenters. The van der Waals surface area contributed by atoms with E-state index >= 15 is 0 Å². The van der Waals surface area contributed by atoms with E-state index < -0.39 is 0 Å². The van der Waals surface area contributed by atoms with Crippen molar-refractivity contribution in [3.05, 3.63) is 59.9 Å². The minimum Gasteiger partial charge on any atom is -0.491 e. The van der Waals surface area contributed by atoms with Crippen LogP contribution in [0.15, 0.2) is 48.5 Å². The Hall–Kier alpha value is -2.80. The SMILES string of the molecule is O=C(NCCCN1CCN(c2ccccc2F)CC1)NC1COc2ccccc2C1. The summed E-state index contributed by atoms with van der Waals surface area (Å²) in [6.45, 7) is 5.49. The molecule has 1 fully saturated rings. The number of nitrogens with one attached hydrogen (secondary N) is 2. The molecule has 2 aliphatic rings. The Labute approximate surface area is 177 Å². The van der Waals surface area contributed by atoms with Gasteiger partial charge in [-0.3, -0.25) is 4.90 Å². The summed E-state index contributed by atoms with van der Waals surface area (Å²) in [5.41, 5.74) is 1.81. The topological polar surface area (TPSA) is 56.8 Å². The highest BCUT2D eigenvalue weighted by molar-refractivity contribution is 5.74. The van der Waals surface area contributed by atoms with Gasteiger partial charge >= 0.3 is 6.03 Å². The summed E-state index contributed by atoms with van der Waals surface area (Å²) >= 11 is 0. The fourth-order valence-electron chi connectivity index (χ4n) is 4.08. The molecule has 30 heavy (non-hydrogen) atoms. The molecule has 0 bridgehead atoms. The Kier molecular flexibility index (Phi) is 6.69. The summed E-state index contributed by atoms with van der Waals surface area (Å²) < 4.78 is 19.6. The van der Waals surface area contributed by atoms with Crippen molar-refractivity contribution in [2.45, 2.75) is 18.9 Å². The first kappa shape index (κ1) is 20.5. The molecule has 0 aromatic heterocycles. The molecule has 1 atom stereocenters. The molecule has 2 amide bonds.